The van der Waals surface area contributed by atoms with Crippen LogP contribution in [0.3, 0.4) is 0 Å². The van der Waals surface area contributed by atoms with Gasteiger partial charge in [0.15, 0.2) is 11.5 Å². The summed E-state index contributed by atoms with van der Waals surface area (Å²) in [4.78, 5) is 11.0. The predicted octanol–water partition coefficient (Wildman–Crippen LogP) is 4.28. The fourth-order valence-electron chi connectivity index (χ4n) is 2.21. The van der Waals surface area contributed by atoms with Gasteiger partial charge >= 0.3 is 6.09 Å². The van der Waals surface area contributed by atoms with Gasteiger partial charge in [0.05, 0.1) is 38.2 Å². The Morgan fingerprint density at radius 2 is 1.89 bits per heavy atom. The van der Waals surface area contributed by atoms with Crippen LogP contribution in [0.15, 0.2) is 47.6 Å². The number of carbonyl (C=O) groups is 1. The van der Waals surface area contributed by atoms with Crippen LogP contribution < -0.4 is 19.6 Å². The van der Waals surface area contributed by atoms with Gasteiger partial charge in [0, 0.05) is 6.42 Å². The smallest absolute Gasteiger partial charge is 0.427 e. The third-order valence-corrected chi connectivity index (χ3v) is 3.71. The fraction of sp³-hybridized carbons (Fsp3) is 0.300. The van der Waals surface area contributed by atoms with E-state index in [-0.39, 0.29) is 0 Å². The van der Waals surface area contributed by atoms with Gasteiger partial charge in [-0.05, 0) is 36.8 Å². The molecule has 2 rings (SSSR count). The maximum atomic E-state index is 11.0. The van der Waals surface area contributed by atoms with E-state index in [1.807, 2.05) is 37.3 Å². The van der Waals surface area contributed by atoms with Crippen LogP contribution in [-0.4, -0.2) is 39.2 Å². The second-order valence-electron chi connectivity index (χ2n) is 5.49. The maximum Gasteiger partial charge on any atom is 0.427 e. The van der Waals surface area contributed by atoms with E-state index < -0.39 is 6.09 Å². The van der Waals surface area contributed by atoms with E-state index in [0.717, 1.165) is 5.75 Å². The summed E-state index contributed by atoms with van der Waals surface area (Å²) in [5.41, 5.74) is 2.85. The largest absolute Gasteiger partial charge is 0.493 e. The lowest BCUT2D eigenvalue weighted by Crippen LogP contribution is -2.16. The van der Waals surface area contributed by atoms with Crippen molar-refractivity contribution in [2.24, 2.45) is 5.10 Å². The molecule has 0 spiro atoms. The zero-order valence-electron chi connectivity index (χ0n) is 15.8. The molecule has 28 heavy (non-hydrogen) atoms. The molecule has 1 amide bonds. The summed E-state index contributed by atoms with van der Waals surface area (Å²) < 4.78 is 21.5. The molecule has 2 aromatic carbocycles. The molecule has 0 saturated heterocycles. The van der Waals surface area contributed by atoms with Crippen molar-refractivity contribution < 1.29 is 23.7 Å². The van der Waals surface area contributed by atoms with Gasteiger partial charge in [-0.15, -0.1) is 0 Å². The monoisotopic (exact) mass is 406 g/mol. The Hall–Kier alpha value is -2.93. The molecule has 0 atom stereocenters. The number of rotatable bonds is 10. The molecule has 0 aromatic heterocycles. The lowest BCUT2D eigenvalue weighted by molar-refractivity contribution is 0.171. The summed E-state index contributed by atoms with van der Waals surface area (Å²) >= 11 is 6.34. The Kier molecular flexibility index (Phi) is 8.94. The Labute approximate surface area is 169 Å². The average Bonchev–Trinajstić information content (AvgIpc) is 2.70. The molecule has 0 bridgehead atoms. The highest BCUT2D eigenvalue weighted by Gasteiger charge is 2.12. The second-order valence-corrected chi connectivity index (χ2v) is 5.90. The highest BCUT2D eigenvalue weighted by atomic mass is 35.5. The third kappa shape index (κ3) is 7.00. The second kappa shape index (κ2) is 11.7. The molecule has 0 unspecified atom stereocenters. The molecule has 7 nitrogen and oxygen atoms in total. The van der Waals surface area contributed by atoms with E-state index in [1.165, 1.54) is 13.3 Å². The highest BCUT2D eigenvalue weighted by Crippen LogP contribution is 2.36. The summed E-state index contributed by atoms with van der Waals surface area (Å²) in [5.74, 6) is 1.78. The van der Waals surface area contributed by atoms with Crippen molar-refractivity contribution in [1.82, 2.24) is 5.43 Å². The molecular weight excluding hydrogens is 384 g/mol. The highest BCUT2D eigenvalue weighted by molar-refractivity contribution is 6.32. The van der Waals surface area contributed by atoms with Gasteiger partial charge in [-0.2, -0.15) is 5.10 Å². The molecule has 0 aliphatic heterocycles. The van der Waals surface area contributed by atoms with Crippen molar-refractivity contribution in [1.29, 1.82) is 0 Å². The molecule has 150 valence electrons. The number of para-hydroxylation sites is 1. The first-order chi connectivity index (χ1) is 13.6. The van der Waals surface area contributed by atoms with E-state index >= 15 is 0 Å². The van der Waals surface area contributed by atoms with Crippen LogP contribution in [0, 0.1) is 0 Å². The zero-order valence-corrected chi connectivity index (χ0v) is 16.6. The molecule has 0 aliphatic rings. The first-order valence-electron chi connectivity index (χ1n) is 8.78. The van der Waals surface area contributed by atoms with Crippen molar-refractivity contribution in [3.05, 3.63) is 53.1 Å². The van der Waals surface area contributed by atoms with E-state index in [2.05, 4.69) is 15.3 Å². The van der Waals surface area contributed by atoms with Gasteiger partial charge in [-0.25, -0.2) is 10.2 Å². The first-order valence-corrected chi connectivity index (χ1v) is 9.15. The van der Waals surface area contributed by atoms with Crippen LogP contribution >= 0.6 is 11.6 Å². The van der Waals surface area contributed by atoms with Gasteiger partial charge in [-0.3, -0.25) is 0 Å². The van der Waals surface area contributed by atoms with Crippen LogP contribution in [-0.2, 0) is 4.74 Å². The number of benzene rings is 2. The van der Waals surface area contributed by atoms with Crippen molar-refractivity contribution in [2.75, 3.05) is 26.9 Å². The number of carbonyl (C=O) groups excluding carboxylic acids is 1. The van der Waals surface area contributed by atoms with E-state index in [0.29, 0.717) is 48.3 Å². The quantitative estimate of drug-likeness (QED) is 0.362. The average molecular weight is 407 g/mol. The van der Waals surface area contributed by atoms with Crippen LogP contribution in [0.5, 0.6) is 17.2 Å². The number of methoxy groups -OCH3 is 1. The Bertz CT molecular complexity index is 784. The molecule has 1 N–H and O–H groups in total. The zero-order chi connectivity index (χ0) is 20.2. The summed E-state index contributed by atoms with van der Waals surface area (Å²) in [6, 6.07) is 13.0. The minimum Gasteiger partial charge on any atom is -0.493 e. The van der Waals surface area contributed by atoms with Crippen molar-refractivity contribution in [2.45, 2.75) is 13.3 Å². The van der Waals surface area contributed by atoms with Gasteiger partial charge in [0.1, 0.15) is 5.75 Å². The molecule has 8 heteroatoms. The van der Waals surface area contributed by atoms with Gasteiger partial charge < -0.3 is 18.9 Å². The van der Waals surface area contributed by atoms with Crippen LogP contribution in [0.1, 0.15) is 18.9 Å². The number of nitrogens with one attached hydrogen (secondary N) is 1. The number of hydrogen-bond donors (Lipinski definition) is 1. The van der Waals surface area contributed by atoms with Crippen LogP contribution in [0.4, 0.5) is 4.79 Å². The summed E-state index contributed by atoms with van der Waals surface area (Å²) in [6.45, 7) is 3.26. The summed E-state index contributed by atoms with van der Waals surface area (Å²) in [5, 5.41) is 4.16. The number of hydrogen-bond acceptors (Lipinski definition) is 6. The first kappa shape index (κ1) is 21.4. The molecule has 0 saturated carbocycles. The minimum atomic E-state index is -0.662. The standard InChI is InChI=1S/C20H23ClN2O5/c1-3-26-18-13-15(14-22-23-20(24)25-2)12-17(21)19(18)28-11-7-10-27-16-8-5-4-6-9-16/h4-6,8-9,12-14H,3,7,10-11H2,1-2H3,(H,23,24)/b22-14+. The topological polar surface area (TPSA) is 78.4 Å². The Balaban J connectivity index is 1.93. The van der Waals surface area contributed by atoms with Gasteiger partial charge in [0.25, 0.3) is 0 Å². The van der Waals surface area contributed by atoms with E-state index in [4.69, 9.17) is 25.8 Å². The fourth-order valence-corrected chi connectivity index (χ4v) is 2.48. The SMILES string of the molecule is CCOc1cc(/C=N/NC(=O)OC)cc(Cl)c1OCCCOc1ccccc1. The lowest BCUT2D eigenvalue weighted by Gasteiger charge is -2.14. The number of hydrazone groups is 1. The molecule has 0 aliphatic carbocycles. The lowest BCUT2D eigenvalue weighted by atomic mass is 10.2. The third-order valence-electron chi connectivity index (χ3n) is 3.43. The van der Waals surface area contributed by atoms with Crippen molar-refractivity contribution in [3.63, 3.8) is 0 Å². The molecule has 0 radical (unpaired) electrons. The number of amides is 1. The van der Waals surface area contributed by atoms with Crippen molar-refractivity contribution in [3.8, 4) is 17.2 Å². The summed E-state index contributed by atoms with van der Waals surface area (Å²) in [6.07, 6.45) is 1.45. The van der Waals surface area contributed by atoms with E-state index in [1.54, 1.807) is 12.1 Å². The van der Waals surface area contributed by atoms with Crippen LogP contribution in [0.2, 0.25) is 5.02 Å². The molecular formula is C20H23ClN2O5. The summed E-state index contributed by atoms with van der Waals surface area (Å²) in [7, 11) is 1.26. The van der Waals surface area contributed by atoms with Gasteiger partial charge in [-0.1, -0.05) is 29.8 Å². The normalized spacial score (nSPS) is 10.5. The molecule has 2 aromatic rings. The number of ether oxygens (including phenoxy) is 4. The molecule has 0 heterocycles. The number of halogens is 1. The Morgan fingerprint density at radius 3 is 2.61 bits per heavy atom. The minimum absolute atomic E-state index is 0.384. The Morgan fingerprint density at radius 1 is 1.14 bits per heavy atom. The maximum absolute atomic E-state index is 11.0. The molecule has 0 fully saturated rings. The van der Waals surface area contributed by atoms with E-state index in [9.17, 15) is 4.79 Å². The predicted molar refractivity (Wildman–Crippen MR) is 108 cm³/mol. The number of nitrogens with zero attached hydrogens (tertiary/aromatic N) is 1. The van der Waals surface area contributed by atoms with Gasteiger partial charge in [0.2, 0.25) is 0 Å². The van der Waals surface area contributed by atoms with Crippen LogP contribution in [0.25, 0.3) is 0 Å². The van der Waals surface area contributed by atoms with Crippen molar-refractivity contribution >= 4 is 23.9 Å².